The van der Waals surface area contributed by atoms with Gasteiger partial charge in [0.1, 0.15) is 11.5 Å². The van der Waals surface area contributed by atoms with Gasteiger partial charge in [-0.25, -0.2) is 0 Å². The number of aliphatic hydroxyl groups excluding tert-OH is 1. The molecule has 5 heteroatoms. The first-order chi connectivity index (χ1) is 8.09. The summed E-state index contributed by atoms with van der Waals surface area (Å²) >= 11 is 9.20. The van der Waals surface area contributed by atoms with E-state index in [0.29, 0.717) is 28.1 Å². The number of ether oxygens (including phenoxy) is 1. The molecule has 0 bridgehead atoms. The van der Waals surface area contributed by atoms with Crippen molar-refractivity contribution in [3.05, 3.63) is 33.3 Å². The zero-order valence-corrected chi connectivity index (χ0v) is 11.3. The monoisotopic (exact) mass is 315 g/mol. The fourth-order valence-corrected chi connectivity index (χ4v) is 2.87. The van der Waals surface area contributed by atoms with Crippen LogP contribution in [0.1, 0.15) is 18.1 Å². The third-order valence-corrected chi connectivity index (χ3v) is 3.98. The van der Waals surface area contributed by atoms with Gasteiger partial charge >= 0.3 is 0 Å². The van der Waals surface area contributed by atoms with Gasteiger partial charge in [0.15, 0.2) is 0 Å². The average Bonchev–Trinajstić information content (AvgIpc) is 2.78. The lowest BCUT2D eigenvalue weighted by Gasteiger charge is -2.26. The van der Waals surface area contributed by atoms with Crippen LogP contribution in [-0.2, 0) is 4.74 Å². The molecule has 0 amide bonds. The quantitative estimate of drug-likeness (QED) is 0.912. The van der Waals surface area contributed by atoms with E-state index in [9.17, 15) is 10.4 Å². The van der Waals surface area contributed by atoms with Crippen LogP contribution in [0.3, 0.4) is 0 Å². The second kappa shape index (κ2) is 4.95. The molecular weight excluding hydrogens is 305 g/mol. The Labute approximate surface area is 113 Å². The number of aliphatic hydroxyl groups is 1. The number of halogens is 2. The highest BCUT2D eigenvalue weighted by molar-refractivity contribution is 9.10. The van der Waals surface area contributed by atoms with E-state index < -0.39 is 11.5 Å². The van der Waals surface area contributed by atoms with Crippen LogP contribution in [-0.4, -0.2) is 18.3 Å². The Morgan fingerprint density at radius 1 is 1.59 bits per heavy atom. The summed E-state index contributed by atoms with van der Waals surface area (Å²) in [5.74, 6) is 0. The number of rotatable bonds is 2. The van der Waals surface area contributed by atoms with Gasteiger partial charge in [-0.3, -0.25) is 0 Å². The SMILES string of the molecule is N#CC1(C(O)c2ccc(Cl)cc2Br)CCOC1. The van der Waals surface area contributed by atoms with Gasteiger partial charge in [0.05, 0.1) is 12.7 Å². The lowest BCUT2D eigenvalue weighted by atomic mass is 9.79. The summed E-state index contributed by atoms with van der Waals surface area (Å²) in [5.41, 5.74) is -0.183. The Kier molecular flexibility index (Phi) is 3.74. The number of benzene rings is 1. The Morgan fingerprint density at radius 2 is 2.35 bits per heavy atom. The fourth-order valence-electron chi connectivity index (χ4n) is 1.97. The molecular formula is C12H11BrClNO2. The lowest BCUT2D eigenvalue weighted by Crippen LogP contribution is -2.28. The molecule has 2 atom stereocenters. The Hall–Kier alpha value is -0.600. The van der Waals surface area contributed by atoms with E-state index in [-0.39, 0.29) is 6.61 Å². The van der Waals surface area contributed by atoms with Gasteiger partial charge in [0, 0.05) is 16.1 Å². The summed E-state index contributed by atoms with van der Waals surface area (Å²) in [5, 5.41) is 20.2. The third-order valence-electron chi connectivity index (χ3n) is 3.06. The molecule has 0 saturated carbocycles. The van der Waals surface area contributed by atoms with Crippen LogP contribution < -0.4 is 0 Å². The van der Waals surface area contributed by atoms with Gasteiger partial charge in [0.25, 0.3) is 0 Å². The molecule has 90 valence electrons. The van der Waals surface area contributed by atoms with E-state index in [1.54, 1.807) is 18.2 Å². The predicted molar refractivity (Wildman–Crippen MR) is 67.6 cm³/mol. The zero-order chi connectivity index (χ0) is 12.5. The molecule has 1 aromatic rings. The number of nitriles is 1. The molecule has 1 fully saturated rings. The zero-order valence-electron chi connectivity index (χ0n) is 8.99. The second-order valence-corrected chi connectivity index (χ2v) is 5.43. The van der Waals surface area contributed by atoms with Crippen molar-refractivity contribution in [2.75, 3.05) is 13.2 Å². The van der Waals surface area contributed by atoms with Crippen LogP contribution in [0.25, 0.3) is 0 Å². The molecule has 17 heavy (non-hydrogen) atoms. The van der Waals surface area contributed by atoms with E-state index in [4.69, 9.17) is 16.3 Å². The number of hydrogen-bond acceptors (Lipinski definition) is 3. The topological polar surface area (TPSA) is 53.2 Å². The van der Waals surface area contributed by atoms with E-state index in [1.807, 2.05) is 0 Å². The summed E-state index contributed by atoms with van der Waals surface area (Å²) in [7, 11) is 0. The van der Waals surface area contributed by atoms with Crippen LogP contribution >= 0.6 is 27.5 Å². The molecule has 2 unspecified atom stereocenters. The molecule has 0 radical (unpaired) electrons. The standard InChI is InChI=1S/C12H11BrClNO2/c13-10-5-8(14)1-2-9(10)11(16)12(6-15)3-4-17-7-12/h1-2,5,11,16H,3-4,7H2. The van der Waals surface area contributed by atoms with Gasteiger partial charge in [-0.15, -0.1) is 0 Å². The third kappa shape index (κ3) is 2.34. The van der Waals surface area contributed by atoms with Crippen LogP contribution in [0, 0.1) is 16.7 Å². The summed E-state index contributed by atoms with van der Waals surface area (Å²) < 4.78 is 5.94. The molecule has 1 aliphatic heterocycles. The van der Waals surface area contributed by atoms with Crippen molar-refractivity contribution in [3.63, 3.8) is 0 Å². The van der Waals surface area contributed by atoms with Gasteiger partial charge in [0.2, 0.25) is 0 Å². The molecule has 1 aliphatic rings. The van der Waals surface area contributed by atoms with E-state index in [2.05, 4.69) is 22.0 Å². The molecule has 0 spiro atoms. The van der Waals surface area contributed by atoms with Gasteiger partial charge < -0.3 is 9.84 Å². The first kappa shape index (κ1) is 12.8. The van der Waals surface area contributed by atoms with Crippen molar-refractivity contribution in [1.29, 1.82) is 5.26 Å². The van der Waals surface area contributed by atoms with Crippen molar-refractivity contribution in [2.24, 2.45) is 5.41 Å². The Balaban J connectivity index is 2.36. The molecule has 0 aromatic heterocycles. The van der Waals surface area contributed by atoms with Gasteiger partial charge in [-0.2, -0.15) is 5.26 Å². The first-order valence-electron chi connectivity index (χ1n) is 5.21. The first-order valence-corrected chi connectivity index (χ1v) is 6.38. The molecule has 1 heterocycles. The Morgan fingerprint density at radius 3 is 2.88 bits per heavy atom. The lowest BCUT2D eigenvalue weighted by molar-refractivity contribution is 0.0499. The molecule has 1 aromatic carbocycles. The highest BCUT2D eigenvalue weighted by Gasteiger charge is 2.43. The maximum Gasteiger partial charge on any atom is 0.113 e. The van der Waals surface area contributed by atoms with Crippen molar-refractivity contribution in [3.8, 4) is 6.07 Å². The summed E-state index contributed by atoms with van der Waals surface area (Å²) in [6, 6.07) is 7.33. The van der Waals surface area contributed by atoms with Gasteiger partial charge in [-0.1, -0.05) is 33.6 Å². The van der Waals surface area contributed by atoms with Crippen molar-refractivity contribution < 1.29 is 9.84 Å². The number of nitrogens with zero attached hydrogens (tertiary/aromatic N) is 1. The minimum Gasteiger partial charge on any atom is -0.387 e. The predicted octanol–water partition coefficient (Wildman–Crippen LogP) is 3.07. The molecule has 1 N–H and O–H groups in total. The number of hydrogen-bond donors (Lipinski definition) is 1. The molecule has 3 nitrogen and oxygen atoms in total. The van der Waals surface area contributed by atoms with E-state index in [1.165, 1.54) is 0 Å². The molecule has 0 aliphatic carbocycles. The van der Waals surface area contributed by atoms with E-state index in [0.717, 1.165) is 0 Å². The smallest absolute Gasteiger partial charge is 0.113 e. The van der Waals surface area contributed by atoms with Crippen molar-refractivity contribution in [1.82, 2.24) is 0 Å². The maximum absolute atomic E-state index is 10.4. The van der Waals surface area contributed by atoms with Crippen LogP contribution in [0.15, 0.2) is 22.7 Å². The fraction of sp³-hybridized carbons (Fsp3) is 0.417. The normalized spacial score (nSPS) is 25.5. The molecule has 2 rings (SSSR count). The van der Waals surface area contributed by atoms with Crippen LogP contribution in [0.2, 0.25) is 5.02 Å². The van der Waals surface area contributed by atoms with Crippen molar-refractivity contribution in [2.45, 2.75) is 12.5 Å². The maximum atomic E-state index is 10.4. The Bertz CT molecular complexity index is 466. The largest absolute Gasteiger partial charge is 0.387 e. The van der Waals surface area contributed by atoms with Crippen molar-refractivity contribution >= 4 is 27.5 Å². The second-order valence-electron chi connectivity index (χ2n) is 4.14. The summed E-state index contributed by atoms with van der Waals surface area (Å²) in [6.45, 7) is 0.773. The summed E-state index contributed by atoms with van der Waals surface area (Å²) in [4.78, 5) is 0. The highest BCUT2D eigenvalue weighted by atomic mass is 79.9. The highest BCUT2D eigenvalue weighted by Crippen LogP contribution is 2.43. The van der Waals surface area contributed by atoms with E-state index >= 15 is 0 Å². The van der Waals surface area contributed by atoms with Crippen LogP contribution in [0.4, 0.5) is 0 Å². The summed E-state index contributed by atoms with van der Waals surface area (Å²) in [6.07, 6.45) is -0.332. The minimum atomic E-state index is -0.873. The average molecular weight is 317 g/mol. The van der Waals surface area contributed by atoms with Crippen LogP contribution in [0.5, 0.6) is 0 Å². The molecule has 1 saturated heterocycles. The minimum absolute atomic E-state index is 0.264. The van der Waals surface area contributed by atoms with Gasteiger partial charge in [-0.05, 0) is 24.1 Å².